The summed E-state index contributed by atoms with van der Waals surface area (Å²) in [6.07, 6.45) is 3.98. The maximum Gasteiger partial charge on any atom is 0.303 e. The van der Waals surface area contributed by atoms with Gasteiger partial charge in [0.25, 0.3) is 0 Å². The maximum atomic E-state index is 13.8. The van der Waals surface area contributed by atoms with Crippen LogP contribution in [0.3, 0.4) is 0 Å². The minimum atomic E-state index is -3.15. The number of anilines is 1. The van der Waals surface area contributed by atoms with E-state index in [-0.39, 0.29) is 11.9 Å². The molecule has 29 heavy (non-hydrogen) atoms. The molecule has 10 heteroatoms. The summed E-state index contributed by atoms with van der Waals surface area (Å²) in [5, 5.41) is 5.83. The van der Waals surface area contributed by atoms with Crippen LogP contribution in [0.4, 0.5) is 14.6 Å². The van der Waals surface area contributed by atoms with E-state index in [9.17, 15) is 8.78 Å². The van der Waals surface area contributed by atoms with E-state index in [0.29, 0.717) is 16.7 Å². The monoisotopic (exact) mass is 421 g/mol. The second-order valence-corrected chi connectivity index (χ2v) is 8.13. The van der Waals surface area contributed by atoms with Crippen molar-refractivity contribution in [1.29, 1.82) is 0 Å². The first-order chi connectivity index (χ1) is 13.6. The largest absolute Gasteiger partial charge is 0.350 e. The molecule has 0 amide bonds. The van der Waals surface area contributed by atoms with Gasteiger partial charge in [0.05, 0.1) is 10.9 Å². The van der Waals surface area contributed by atoms with Crippen LogP contribution >= 0.6 is 11.6 Å². The minimum absolute atomic E-state index is 0.256. The summed E-state index contributed by atoms with van der Waals surface area (Å²) in [4.78, 5) is 16.4. The minimum Gasteiger partial charge on any atom is -0.350 e. The Kier molecular flexibility index (Phi) is 4.90. The van der Waals surface area contributed by atoms with Gasteiger partial charge in [0.1, 0.15) is 5.15 Å². The first-order valence-corrected chi connectivity index (χ1v) is 9.72. The van der Waals surface area contributed by atoms with Crippen LogP contribution in [0, 0.1) is 0 Å². The normalized spacial score (nSPS) is 20.2. The van der Waals surface area contributed by atoms with Gasteiger partial charge in [0, 0.05) is 50.1 Å². The summed E-state index contributed by atoms with van der Waals surface area (Å²) >= 11 is 6.12. The van der Waals surface area contributed by atoms with Crippen LogP contribution < -0.4 is 4.90 Å². The van der Waals surface area contributed by atoms with E-state index in [1.54, 1.807) is 18.3 Å². The van der Waals surface area contributed by atoms with Crippen molar-refractivity contribution < 1.29 is 8.78 Å². The van der Waals surface area contributed by atoms with Crippen LogP contribution in [0.5, 0.6) is 0 Å². The highest BCUT2D eigenvalue weighted by molar-refractivity contribution is 6.30. The molecule has 4 rings (SSSR count). The number of fused-ring (bicyclic) bond motifs is 1. The smallest absolute Gasteiger partial charge is 0.303 e. The molecule has 0 aliphatic carbocycles. The average molecular weight is 422 g/mol. The van der Waals surface area contributed by atoms with Gasteiger partial charge < -0.3 is 9.80 Å². The molecule has 3 aromatic rings. The summed E-state index contributed by atoms with van der Waals surface area (Å²) in [7, 11) is 4.12. The number of hydrogen-bond donors (Lipinski definition) is 0. The Hall–Kier alpha value is -2.39. The molecular weight excluding hydrogens is 400 g/mol. The first kappa shape index (κ1) is 19.9. The van der Waals surface area contributed by atoms with Gasteiger partial charge in [0.15, 0.2) is 11.6 Å². The van der Waals surface area contributed by atoms with E-state index < -0.39 is 11.7 Å². The zero-order valence-electron chi connectivity index (χ0n) is 16.6. The van der Waals surface area contributed by atoms with Crippen LogP contribution in [0.15, 0.2) is 24.5 Å². The highest BCUT2D eigenvalue weighted by Crippen LogP contribution is 2.34. The summed E-state index contributed by atoms with van der Waals surface area (Å²) in [6.45, 7) is 3.73. The molecule has 4 heterocycles. The van der Waals surface area contributed by atoms with Crippen molar-refractivity contribution in [2.24, 2.45) is 0 Å². The number of aromatic nitrogens is 5. The highest BCUT2D eigenvalue weighted by atomic mass is 35.5. The SMILES string of the molecule is CC1CC(N(C)C)CN1c1nn(-c2ccnc(C(C)(F)F)n2)c2cc(Cl)ncc12. The van der Waals surface area contributed by atoms with E-state index in [1.807, 2.05) is 0 Å². The standard InChI is InChI=1S/C19H22ClF2N7/c1-11-7-12(27(3)4)10-28(11)17-13-9-24-15(20)8-14(13)29(26-17)16-5-6-23-18(25-16)19(2,21)22/h5-6,8-9,11-12H,7,10H2,1-4H3. The van der Waals surface area contributed by atoms with Crippen LogP contribution in [-0.4, -0.2) is 62.4 Å². The number of pyridine rings is 1. The lowest BCUT2D eigenvalue weighted by atomic mass is 10.2. The van der Waals surface area contributed by atoms with Gasteiger partial charge in [-0.1, -0.05) is 11.6 Å². The van der Waals surface area contributed by atoms with Crippen LogP contribution in [-0.2, 0) is 5.92 Å². The van der Waals surface area contributed by atoms with E-state index in [0.717, 1.165) is 31.1 Å². The second-order valence-electron chi connectivity index (χ2n) is 7.74. The fourth-order valence-electron chi connectivity index (χ4n) is 3.71. The van der Waals surface area contributed by atoms with E-state index in [4.69, 9.17) is 16.7 Å². The highest BCUT2D eigenvalue weighted by Gasteiger charge is 2.34. The summed E-state index contributed by atoms with van der Waals surface area (Å²) in [5.41, 5.74) is 0.657. The lowest BCUT2D eigenvalue weighted by molar-refractivity contribution is 0.00763. The van der Waals surface area contributed by atoms with Crippen LogP contribution in [0.2, 0.25) is 5.15 Å². The lowest BCUT2D eigenvalue weighted by Gasteiger charge is -2.22. The fourth-order valence-corrected chi connectivity index (χ4v) is 3.86. The molecule has 0 radical (unpaired) electrons. The molecule has 0 N–H and O–H groups in total. The molecule has 7 nitrogen and oxygen atoms in total. The topological polar surface area (TPSA) is 63.0 Å². The second kappa shape index (κ2) is 7.14. The quantitative estimate of drug-likeness (QED) is 0.601. The number of nitrogens with zero attached hydrogens (tertiary/aromatic N) is 7. The Labute approximate surface area is 172 Å². The molecule has 0 saturated carbocycles. The molecule has 154 valence electrons. The zero-order valence-corrected chi connectivity index (χ0v) is 17.4. The van der Waals surface area contributed by atoms with Gasteiger partial charge in [-0.25, -0.2) is 19.6 Å². The van der Waals surface area contributed by atoms with Crippen molar-refractivity contribution in [1.82, 2.24) is 29.6 Å². The fraction of sp³-hybridized carbons (Fsp3) is 0.474. The van der Waals surface area contributed by atoms with E-state index in [2.05, 4.69) is 45.8 Å². The molecule has 1 fully saturated rings. The Morgan fingerprint density at radius 1 is 1.28 bits per heavy atom. The lowest BCUT2D eigenvalue weighted by Crippen LogP contribution is -2.32. The van der Waals surface area contributed by atoms with Crippen molar-refractivity contribution >= 4 is 28.3 Å². The Balaban J connectivity index is 1.86. The molecule has 2 unspecified atom stereocenters. The summed E-state index contributed by atoms with van der Waals surface area (Å²) in [6, 6.07) is 3.89. The van der Waals surface area contributed by atoms with E-state index >= 15 is 0 Å². The number of halogens is 3. The number of hydrogen-bond acceptors (Lipinski definition) is 6. The van der Waals surface area contributed by atoms with Crippen LogP contribution in [0.25, 0.3) is 16.7 Å². The molecule has 0 aromatic carbocycles. The van der Waals surface area contributed by atoms with Crippen molar-refractivity contribution in [3.63, 3.8) is 0 Å². The zero-order chi connectivity index (χ0) is 20.9. The molecule has 0 bridgehead atoms. The molecule has 1 saturated heterocycles. The van der Waals surface area contributed by atoms with Crippen molar-refractivity contribution in [2.45, 2.75) is 38.3 Å². The molecule has 0 spiro atoms. The van der Waals surface area contributed by atoms with Gasteiger partial charge in [-0.3, -0.25) is 0 Å². The molecule has 3 aromatic heterocycles. The Morgan fingerprint density at radius 3 is 2.69 bits per heavy atom. The maximum absolute atomic E-state index is 13.8. The Morgan fingerprint density at radius 2 is 2.03 bits per heavy atom. The third-order valence-electron chi connectivity index (χ3n) is 5.32. The summed E-state index contributed by atoms with van der Waals surface area (Å²) < 4.78 is 29.0. The van der Waals surface area contributed by atoms with Crippen molar-refractivity contribution in [2.75, 3.05) is 25.5 Å². The Bertz CT molecular complexity index is 1050. The van der Waals surface area contributed by atoms with Gasteiger partial charge >= 0.3 is 5.92 Å². The molecule has 2 atom stereocenters. The third kappa shape index (κ3) is 3.64. The number of rotatable bonds is 4. The predicted molar refractivity (Wildman–Crippen MR) is 108 cm³/mol. The van der Waals surface area contributed by atoms with E-state index in [1.165, 1.54) is 10.9 Å². The molecular formula is C19H22ClF2N7. The van der Waals surface area contributed by atoms with Gasteiger partial charge in [-0.05, 0) is 27.4 Å². The van der Waals surface area contributed by atoms with Crippen LogP contribution in [0.1, 0.15) is 26.1 Å². The van der Waals surface area contributed by atoms with Gasteiger partial charge in [-0.15, -0.1) is 5.10 Å². The number of alkyl halides is 2. The first-order valence-electron chi connectivity index (χ1n) is 9.34. The van der Waals surface area contributed by atoms with Gasteiger partial charge in [0.2, 0.25) is 5.82 Å². The average Bonchev–Trinajstić information content (AvgIpc) is 3.21. The molecule has 1 aliphatic heterocycles. The molecule has 1 aliphatic rings. The van der Waals surface area contributed by atoms with Gasteiger partial charge in [-0.2, -0.15) is 8.78 Å². The van der Waals surface area contributed by atoms with Crippen molar-refractivity contribution in [3.8, 4) is 5.82 Å². The third-order valence-corrected chi connectivity index (χ3v) is 5.52. The summed E-state index contributed by atoms with van der Waals surface area (Å²) in [5.74, 6) is -2.71. The number of likely N-dealkylation sites (N-methyl/N-ethyl adjacent to an activating group) is 1. The van der Waals surface area contributed by atoms with Crippen molar-refractivity contribution in [3.05, 3.63) is 35.5 Å². The predicted octanol–water partition coefficient (Wildman–Crippen LogP) is 3.50.